The van der Waals surface area contributed by atoms with Gasteiger partial charge in [0.1, 0.15) is 11.8 Å². The number of likely N-dealkylation sites (tertiary alicyclic amines) is 1. The van der Waals surface area contributed by atoms with Crippen LogP contribution in [0.4, 0.5) is 9.18 Å². The van der Waals surface area contributed by atoms with Crippen molar-refractivity contribution < 1.29 is 13.9 Å². The van der Waals surface area contributed by atoms with Crippen molar-refractivity contribution in [3.05, 3.63) is 61.4 Å². The summed E-state index contributed by atoms with van der Waals surface area (Å²) in [6.07, 6.45) is 9.49. The standard InChI is InChI=1S/C27H30FN7O2/c1-27(2,3)37-26(36)34-9-8-24(23(28)17-34)35-16-22(14-32-35)20-11-29-25(30-12-20)19-7-5-6-18(10-19)21-13-31-33(4)15-21/h5-7,10-16,23-24H,8-9,17H2,1-4H3/t23-,24-/m0/s1. The number of carbonyl (C=O) groups excluding carboxylic acids is 1. The number of carbonyl (C=O) groups is 1. The third-order valence-electron chi connectivity index (χ3n) is 6.24. The minimum absolute atomic E-state index is 0.0231. The van der Waals surface area contributed by atoms with Crippen molar-refractivity contribution in [2.24, 2.45) is 7.05 Å². The SMILES string of the molecule is Cn1cc(-c2cccc(-c3ncc(-c4cnn([C@H]5CCN(C(=O)OC(C)(C)C)C[C@@H]5F)c4)cn3)c2)cn1. The van der Waals surface area contributed by atoms with E-state index in [1.54, 1.807) is 48.7 Å². The van der Waals surface area contributed by atoms with Crippen molar-refractivity contribution in [3.63, 3.8) is 0 Å². The minimum atomic E-state index is -1.25. The van der Waals surface area contributed by atoms with Crippen molar-refractivity contribution in [3.8, 4) is 33.6 Å². The molecule has 1 aliphatic rings. The fourth-order valence-corrected chi connectivity index (χ4v) is 4.39. The molecule has 37 heavy (non-hydrogen) atoms. The van der Waals surface area contributed by atoms with Crippen LogP contribution < -0.4 is 0 Å². The second-order valence-electron chi connectivity index (χ2n) is 10.3. The number of aromatic nitrogens is 6. The van der Waals surface area contributed by atoms with Crippen LogP contribution in [0.25, 0.3) is 33.6 Å². The highest BCUT2D eigenvalue weighted by atomic mass is 19.1. The average Bonchev–Trinajstić information content (AvgIpc) is 3.53. The number of aryl methyl sites for hydroxylation is 1. The summed E-state index contributed by atoms with van der Waals surface area (Å²) in [7, 11) is 1.89. The summed E-state index contributed by atoms with van der Waals surface area (Å²) in [4.78, 5) is 22.9. The molecular weight excluding hydrogens is 473 g/mol. The molecule has 0 aliphatic carbocycles. The van der Waals surface area contributed by atoms with Gasteiger partial charge in [0.25, 0.3) is 0 Å². The third-order valence-corrected chi connectivity index (χ3v) is 6.24. The molecule has 192 valence electrons. The number of benzene rings is 1. The van der Waals surface area contributed by atoms with E-state index in [2.05, 4.69) is 20.2 Å². The van der Waals surface area contributed by atoms with Gasteiger partial charge in [-0.15, -0.1) is 0 Å². The van der Waals surface area contributed by atoms with Crippen LogP contribution >= 0.6 is 0 Å². The molecule has 3 aromatic heterocycles. The first-order valence-electron chi connectivity index (χ1n) is 12.2. The van der Waals surface area contributed by atoms with Crippen molar-refractivity contribution in [1.82, 2.24) is 34.4 Å². The van der Waals surface area contributed by atoms with Crippen LogP contribution in [0.15, 0.2) is 61.4 Å². The summed E-state index contributed by atoms with van der Waals surface area (Å²) in [5, 5.41) is 8.64. The molecule has 2 atom stereocenters. The van der Waals surface area contributed by atoms with Gasteiger partial charge in [-0.2, -0.15) is 10.2 Å². The first-order chi connectivity index (χ1) is 17.7. The Morgan fingerprint density at radius 3 is 2.35 bits per heavy atom. The number of rotatable bonds is 4. The molecule has 9 nitrogen and oxygen atoms in total. The van der Waals surface area contributed by atoms with Gasteiger partial charge in [-0.3, -0.25) is 9.36 Å². The Bertz CT molecular complexity index is 1390. The van der Waals surface area contributed by atoms with Gasteiger partial charge in [0.2, 0.25) is 0 Å². The van der Waals surface area contributed by atoms with E-state index in [0.29, 0.717) is 18.8 Å². The molecule has 4 heterocycles. The summed E-state index contributed by atoms with van der Waals surface area (Å²) in [6, 6.07) is 7.55. The maximum absolute atomic E-state index is 15.0. The van der Waals surface area contributed by atoms with Gasteiger partial charge in [-0.05, 0) is 38.8 Å². The monoisotopic (exact) mass is 503 g/mol. The molecule has 10 heteroatoms. The second-order valence-corrected chi connectivity index (χ2v) is 10.3. The van der Waals surface area contributed by atoms with Crippen LogP contribution in [0, 0.1) is 0 Å². The molecule has 5 rings (SSSR count). The topological polar surface area (TPSA) is 91.0 Å². The number of hydrogen-bond acceptors (Lipinski definition) is 6. The molecule has 1 aliphatic heterocycles. The average molecular weight is 504 g/mol. The molecule has 0 N–H and O–H groups in total. The predicted molar refractivity (Wildman–Crippen MR) is 137 cm³/mol. The van der Waals surface area contributed by atoms with Gasteiger partial charge < -0.3 is 9.64 Å². The highest BCUT2D eigenvalue weighted by molar-refractivity contribution is 5.70. The molecule has 0 radical (unpaired) electrons. The van der Waals surface area contributed by atoms with Crippen molar-refractivity contribution in [1.29, 1.82) is 0 Å². The van der Waals surface area contributed by atoms with Gasteiger partial charge in [-0.25, -0.2) is 19.2 Å². The molecule has 1 fully saturated rings. The molecule has 1 saturated heterocycles. The quantitative estimate of drug-likeness (QED) is 0.392. The van der Waals surface area contributed by atoms with Gasteiger partial charge in [0.05, 0.1) is 25.0 Å². The smallest absolute Gasteiger partial charge is 0.410 e. The maximum Gasteiger partial charge on any atom is 0.410 e. The largest absolute Gasteiger partial charge is 0.444 e. The van der Waals surface area contributed by atoms with Crippen LogP contribution in [0.5, 0.6) is 0 Å². The molecule has 0 unspecified atom stereocenters. The van der Waals surface area contributed by atoms with Crippen molar-refractivity contribution in [2.75, 3.05) is 13.1 Å². The second kappa shape index (κ2) is 9.76. The molecule has 0 saturated carbocycles. The van der Waals surface area contributed by atoms with E-state index in [0.717, 1.165) is 27.8 Å². The summed E-state index contributed by atoms with van der Waals surface area (Å²) < 4.78 is 23.8. The van der Waals surface area contributed by atoms with Crippen LogP contribution in [-0.4, -0.2) is 65.4 Å². The Hall–Kier alpha value is -4.08. The molecular formula is C27H30FN7O2. The fraction of sp³-hybridized carbons (Fsp3) is 0.370. The number of hydrogen-bond donors (Lipinski definition) is 0. The number of piperidine rings is 1. The Balaban J connectivity index is 1.27. The van der Waals surface area contributed by atoms with Gasteiger partial charge in [0, 0.05) is 60.6 Å². The summed E-state index contributed by atoms with van der Waals surface area (Å²) in [5.74, 6) is 0.611. The summed E-state index contributed by atoms with van der Waals surface area (Å²) in [6.45, 7) is 5.78. The lowest BCUT2D eigenvalue weighted by Crippen LogP contribution is -2.47. The van der Waals surface area contributed by atoms with E-state index in [4.69, 9.17) is 4.74 Å². The molecule has 0 bridgehead atoms. The van der Waals surface area contributed by atoms with Gasteiger partial charge in [-0.1, -0.05) is 18.2 Å². The Morgan fingerprint density at radius 2 is 1.68 bits per heavy atom. The summed E-state index contributed by atoms with van der Waals surface area (Å²) in [5.41, 5.74) is 3.95. The fourth-order valence-electron chi connectivity index (χ4n) is 4.39. The number of alkyl halides is 1. The first-order valence-corrected chi connectivity index (χ1v) is 12.2. The zero-order chi connectivity index (χ0) is 26.2. The third kappa shape index (κ3) is 5.52. The van der Waals surface area contributed by atoms with Crippen LogP contribution in [0.2, 0.25) is 0 Å². The first kappa shape index (κ1) is 24.6. The van der Waals surface area contributed by atoms with Crippen molar-refractivity contribution >= 4 is 6.09 Å². The van der Waals surface area contributed by atoms with Crippen LogP contribution in [0.1, 0.15) is 33.2 Å². The van der Waals surface area contributed by atoms with Crippen molar-refractivity contribution in [2.45, 2.75) is 45.0 Å². The molecule has 0 spiro atoms. The van der Waals surface area contributed by atoms with E-state index in [1.807, 2.05) is 49.9 Å². The number of amides is 1. The number of halogens is 1. The minimum Gasteiger partial charge on any atom is -0.444 e. The van der Waals surface area contributed by atoms with E-state index >= 15 is 4.39 Å². The zero-order valence-corrected chi connectivity index (χ0v) is 21.4. The number of nitrogens with zero attached hydrogens (tertiary/aromatic N) is 7. The van der Waals surface area contributed by atoms with Crippen LogP contribution in [-0.2, 0) is 11.8 Å². The lowest BCUT2D eigenvalue weighted by molar-refractivity contribution is 0.00576. The molecule has 4 aromatic rings. The van der Waals surface area contributed by atoms with Crippen LogP contribution in [0.3, 0.4) is 0 Å². The van der Waals surface area contributed by atoms with E-state index in [9.17, 15) is 4.79 Å². The molecule has 1 aromatic carbocycles. The van der Waals surface area contributed by atoms with E-state index < -0.39 is 23.9 Å². The Kier molecular flexibility index (Phi) is 6.49. The highest BCUT2D eigenvalue weighted by Gasteiger charge is 2.35. The Morgan fingerprint density at radius 1 is 0.973 bits per heavy atom. The predicted octanol–water partition coefficient (Wildman–Crippen LogP) is 4.93. The lowest BCUT2D eigenvalue weighted by atomic mass is 10.0. The van der Waals surface area contributed by atoms with Gasteiger partial charge >= 0.3 is 6.09 Å². The Labute approximate surface area is 214 Å². The van der Waals surface area contributed by atoms with Gasteiger partial charge in [0.15, 0.2) is 5.82 Å². The normalized spacial score (nSPS) is 18.1. The summed E-state index contributed by atoms with van der Waals surface area (Å²) >= 11 is 0. The molecule has 1 amide bonds. The number of ether oxygens (including phenoxy) is 1. The highest BCUT2D eigenvalue weighted by Crippen LogP contribution is 2.29. The van der Waals surface area contributed by atoms with E-state index in [1.165, 1.54) is 4.90 Å². The lowest BCUT2D eigenvalue weighted by Gasteiger charge is -2.35. The van der Waals surface area contributed by atoms with E-state index in [-0.39, 0.29) is 6.54 Å². The zero-order valence-electron chi connectivity index (χ0n) is 21.4. The maximum atomic E-state index is 15.0.